The summed E-state index contributed by atoms with van der Waals surface area (Å²) in [5.41, 5.74) is 3.87. The lowest BCUT2D eigenvalue weighted by Gasteiger charge is -2.33. The third-order valence-corrected chi connectivity index (χ3v) is 7.52. The Kier molecular flexibility index (Phi) is 7.89. The minimum Gasteiger partial charge on any atom is -0.379 e. The Hall–Kier alpha value is -2.48. The number of amides is 1. The first-order valence-electron chi connectivity index (χ1n) is 13.5. The van der Waals surface area contributed by atoms with Gasteiger partial charge in [0.2, 0.25) is 5.91 Å². The summed E-state index contributed by atoms with van der Waals surface area (Å²) in [6.45, 7) is 8.20. The summed E-state index contributed by atoms with van der Waals surface area (Å²) in [5, 5.41) is 3.48. The normalized spacial score (nSPS) is 24.9. The number of nitrogens with zero attached hydrogens (tertiary/aromatic N) is 2. The average Bonchev–Trinajstić information content (AvgIpc) is 3.05. The van der Waals surface area contributed by atoms with Gasteiger partial charge in [-0.25, -0.2) is 4.98 Å². The molecule has 2 fully saturated rings. The van der Waals surface area contributed by atoms with Crippen molar-refractivity contribution in [1.82, 2.24) is 4.98 Å². The van der Waals surface area contributed by atoms with Crippen molar-refractivity contribution in [2.45, 2.75) is 90.3 Å². The van der Waals surface area contributed by atoms with Gasteiger partial charge < -0.3 is 24.4 Å². The van der Waals surface area contributed by atoms with Gasteiger partial charge >= 0.3 is 0 Å². The van der Waals surface area contributed by atoms with Gasteiger partial charge in [0, 0.05) is 24.3 Å². The third-order valence-electron chi connectivity index (χ3n) is 7.52. The third kappa shape index (κ3) is 5.74. The molecule has 2 aromatic rings. The van der Waals surface area contributed by atoms with Gasteiger partial charge in [-0.05, 0) is 83.1 Å². The molecule has 5 rings (SSSR count). The predicted octanol–water partition coefficient (Wildman–Crippen LogP) is 5.91. The van der Waals surface area contributed by atoms with Crippen molar-refractivity contribution < 1.29 is 19.0 Å². The van der Waals surface area contributed by atoms with Crippen LogP contribution in [0, 0.1) is 5.92 Å². The number of hydrogen-bond donors (Lipinski definition) is 1. The molecular weight excluding hydrogens is 454 g/mol. The van der Waals surface area contributed by atoms with Gasteiger partial charge in [-0.3, -0.25) is 4.79 Å². The number of anilines is 3. The second kappa shape index (κ2) is 11.3. The van der Waals surface area contributed by atoms with E-state index in [1.807, 2.05) is 17.0 Å². The molecule has 3 heterocycles. The number of rotatable bonds is 6. The molecule has 1 saturated heterocycles. The highest BCUT2D eigenvalue weighted by Gasteiger charge is 2.33. The van der Waals surface area contributed by atoms with Crippen molar-refractivity contribution in [1.29, 1.82) is 0 Å². The van der Waals surface area contributed by atoms with E-state index in [0.717, 1.165) is 73.5 Å². The average molecular weight is 494 g/mol. The Morgan fingerprint density at radius 1 is 1.08 bits per heavy atom. The maximum atomic E-state index is 14.0. The molecule has 2 aliphatic heterocycles. The molecule has 1 aliphatic carbocycles. The summed E-state index contributed by atoms with van der Waals surface area (Å²) in [6, 6.07) is 10.2. The van der Waals surface area contributed by atoms with Crippen molar-refractivity contribution >= 4 is 23.1 Å². The first-order chi connectivity index (χ1) is 17.5. The Bertz CT molecular complexity index is 1040. The van der Waals surface area contributed by atoms with Gasteiger partial charge in [0.05, 0.1) is 48.9 Å². The van der Waals surface area contributed by atoms with Crippen molar-refractivity contribution in [2.24, 2.45) is 5.92 Å². The summed E-state index contributed by atoms with van der Waals surface area (Å²) < 4.78 is 18.0. The number of carbonyl (C=O) groups excluding carboxylic acids is 1. The first-order valence-corrected chi connectivity index (χ1v) is 13.5. The minimum atomic E-state index is -0.0914. The fraction of sp³-hybridized carbons (Fsp3) is 0.586. The van der Waals surface area contributed by atoms with Gasteiger partial charge in [-0.1, -0.05) is 12.1 Å². The zero-order valence-electron chi connectivity index (χ0n) is 21.7. The van der Waals surface area contributed by atoms with Crippen LogP contribution in [0.3, 0.4) is 0 Å². The molecule has 1 aromatic heterocycles. The van der Waals surface area contributed by atoms with Crippen LogP contribution in [0.2, 0.25) is 0 Å². The van der Waals surface area contributed by atoms with E-state index < -0.39 is 0 Å². The number of pyridine rings is 1. The van der Waals surface area contributed by atoms with E-state index in [-0.39, 0.29) is 36.2 Å². The Balaban J connectivity index is 1.39. The SMILES string of the molecule is CC(C)OC1CCC(C(=O)N2Cc3cccnc3Nc3ccc(C(C)OC4CCCOC4)cc32)CC1. The van der Waals surface area contributed by atoms with E-state index >= 15 is 0 Å². The van der Waals surface area contributed by atoms with Crippen LogP contribution in [0.15, 0.2) is 36.5 Å². The molecule has 0 spiro atoms. The molecule has 194 valence electrons. The molecule has 0 radical (unpaired) electrons. The molecule has 2 atom stereocenters. The molecule has 1 N–H and O–H groups in total. The number of hydrogen-bond acceptors (Lipinski definition) is 6. The predicted molar refractivity (Wildman–Crippen MR) is 140 cm³/mol. The molecule has 1 aromatic carbocycles. The largest absolute Gasteiger partial charge is 0.379 e. The molecule has 2 unspecified atom stereocenters. The number of fused-ring (bicyclic) bond motifs is 2. The Morgan fingerprint density at radius 2 is 1.92 bits per heavy atom. The number of carbonyl (C=O) groups is 1. The molecule has 7 heteroatoms. The van der Waals surface area contributed by atoms with Gasteiger partial charge in [0.1, 0.15) is 5.82 Å². The van der Waals surface area contributed by atoms with Crippen LogP contribution in [0.5, 0.6) is 0 Å². The van der Waals surface area contributed by atoms with Crippen LogP contribution in [0.25, 0.3) is 0 Å². The van der Waals surface area contributed by atoms with E-state index in [9.17, 15) is 4.79 Å². The number of benzene rings is 1. The zero-order valence-corrected chi connectivity index (χ0v) is 21.7. The van der Waals surface area contributed by atoms with E-state index in [1.54, 1.807) is 6.20 Å². The first kappa shape index (κ1) is 25.2. The van der Waals surface area contributed by atoms with Crippen LogP contribution < -0.4 is 10.2 Å². The molecule has 1 amide bonds. The fourth-order valence-corrected chi connectivity index (χ4v) is 5.63. The quantitative estimate of drug-likeness (QED) is 0.539. The van der Waals surface area contributed by atoms with Gasteiger partial charge in [-0.2, -0.15) is 0 Å². The lowest BCUT2D eigenvalue weighted by Crippen LogP contribution is -2.38. The maximum Gasteiger partial charge on any atom is 0.230 e. The molecule has 3 aliphatic rings. The van der Waals surface area contributed by atoms with Crippen LogP contribution in [0.1, 0.15) is 76.5 Å². The van der Waals surface area contributed by atoms with Crippen molar-refractivity contribution in [2.75, 3.05) is 23.4 Å². The van der Waals surface area contributed by atoms with Crippen LogP contribution in [0.4, 0.5) is 17.2 Å². The second-order valence-corrected chi connectivity index (χ2v) is 10.6. The number of aromatic nitrogens is 1. The van der Waals surface area contributed by atoms with Crippen molar-refractivity contribution in [3.63, 3.8) is 0 Å². The molecule has 36 heavy (non-hydrogen) atoms. The molecule has 7 nitrogen and oxygen atoms in total. The fourth-order valence-electron chi connectivity index (χ4n) is 5.63. The summed E-state index contributed by atoms with van der Waals surface area (Å²) in [4.78, 5) is 20.5. The monoisotopic (exact) mass is 493 g/mol. The lowest BCUT2D eigenvalue weighted by atomic mass is 9.86. The highest BCUT2D eigenvalue weighted by molar-refractivity contribution is 5.99. The summed E-state index contributed by atoms with van der Waals surface area (Å²) >= 11 is 0. The van der Waals surface area contributed by atoms with E-state index in [2.05, 4.69) is 49.3 Å². The van der Waals surface area contributed by atoms with E-state index in [1.165, 1.54) is 0 Å². The van der Waals surface area contributed by atoms with E-state index in [4.69, 9.17) is 14.2 Å². The molecule has 1 saturated carbocycles. The smallest absolute Gasteiger partial charge is 0.230 e. The van der Waals surface area contributed by atoms with Gasteiger partial charge in [0.15, 0.2) is 0 Å². The van der Waals surface area contributed by atoms with Crippen LogP contribution >= 0.6 is 0 Å². The highest BCUT2D eigenvalue weighted by atomic mass is 16.5. The van der Waals surface area contributed by atoms with Gasteiger partial charge in [-0.15, -0.1) is 0 Å². The summed E-state index contributed by atoms with van der Waals surface area (Å²) in [7, 11) is 0. The Morgan fingerprint density at radius 3 is 2.67 bits per heavy atom. The van der Waals surface area contributed by atoms with E-state index in [0.29, 0.717) is 13.2 Å². The standard InChI is InChI=1S/C29H39N3O4/c1-19(2)35-24-11-8-21(9-12-24)29(33)32-17-23-6-4-14-30-28(23)31-26-13-10-22(16-27(26)32)20(3)36-25-7-5-15-34-18-25/h4,6,10,13-14,16,19-21,24-25H,5,7-9,11-12,15,17-18H2,1-3H3,(H,30,31). The summed E-state index contributed by atoms with van der Waals surface area (Å²) in [5.74, 6) is 0.989. The molecule has 0 bridgehead atoms. The minimum absolute atomic E-state index is 0.000184. The van der Waals surface area contributed by atoms with Crippen molar-refractivity contribution in [3.05, 3.63) is 47.7 Å². The topological polar surface area (TPSA) is 72.9 Å². The lowest BCUT2D eigenvalue weighted by molar-refractivity contribution is -0.124. The maximum absolute atomic E-state index is 14.0. The Labute approximate surface area is 214 Å². The highest BCUT2D eigenvalue weighted by Crippen LogP contribution is 2.39. The zero-order chi connectivity index (χ0) is 25.1. The molecular formula is C29H39N3O4. The van der Waals surface area contributed by atoms with Gasteiger partial charge in [0.25, 0.3) is 0 Å². The van der Waals surface area contributed by atoms with Crippen molar-refractivity contribution in [3.8, 4) is 0 Å². The number of nitrogens with one attached hydrogen (secondary N) is 1. The van der Waals surface area contributed by atoms with Crippen LogP contribution in [-0.2, 0) is 25.5 Å². The second-order valence-electron chi connectivity index (χ2n) is 10.6. The number of ether oxygens (including phenoxy) is 3. The van der Waals surface area contributed by atoms with Crippen LogP contribution in [-0.4, -0.2) is 42.4 Å². The summed E-state index contributed by atoms with van der Waals surface area (Å²) in [6.07, 6.45) is 7.91.